The van der Waals surface area contributed by atoms with Crippen LogP contribution in [0.5, 0.6) is 0 Å². The van der Waals surface area contributed by atoms with Gasteiger partial charge >= 0.3 is 12.2 Å². The highest BCUT2D eigenvalue weighted by Crippen LogP contribution is 2.33. The number of H-pyrrole nitrogens is 2. The molecule has 0 bridgehead atoms. The van der Waals surface area contributed by atoms with E-state index in [0.717, 1.165) is 59.1 Å². The summed E-state index contributed by atoms with van der Waals surface area (Å²) in [4.78, 5) is 70.0. The summed E-state index contributed by atoms with van der Waals surface area (Å²) in [6.07, 6.45) is 3.43. The van der Waals surface area contributed by atoms with Crippen LogP contribution in [0, 0.1) is 11.8 Å². The van der Waals surface area contributed by atoms with E-state index in [1.54, 1.807) is 16.0 Å². The van der Waals surface area contributed by atoms with Crippen molar-refractivity contribution in [1.82, 2.24) is 40.4 Å². The predicted octanol–water partition coefficient (Wildman–Crippen LogP) is 3.42. The first-order chi connectivity index (χ1) is 26.2. The van der Waals surface area contributed by atoms with Crippen LogP contribution in [0.2, 0.25) is 0 Å². The van der Waals surface area contributed by atoms with E-state index in [-0.39, 0.29) is 37.1 Å². The summed E-state index contributed by atoms with van der Waals surface area (Å²) < 4.78 is 19.7. The van der Waals surface area contributed by atoms with Crippen molar-refractivity contribution in [3.8, 4) is 23.1 Å². The molecule has 0 aliphatic carbocycles. The van der Waals surface area contributed by atoms with Gasteiger partial charge in [0, 0.05) is 38.4 Å². The van der Waals surface area contributed by atoms with E-state index < -0.39 is 24.3 Å². The quantitative estimate of drug-likeness (QED) is 0.166. The van der Waals surface area contributed by atoms with Gasteiger partial charge in [-0.25, -0.2) is 19.6 Å². The molecule has 2 aliphatic rings. The maximum atomic E-state index is 13.4. The van der Waals surface area contributed by atoms with E-state index in [1.807, 2.05) is 42.5 Å². The number of rotatable bonds is 11. The lowest BCUT2D eigenvalue weighted by Crippen LogP contribution is -2.50. The highest BCUT2D eigenvalue weighted by molar-refractivity contribution is 5.87. The lowest BCUT2D eigenvalue weighted by molar-refractivity contribution is -0.136. The number of amides is 4. The maximum absolute atomic E-state index is 13.4. The number of carbonyl (C=O) groups excluding carboxylic acids is 4. The zero-order valence-corrected chi connectivity index (χ0v) is 30.6. The molecule has 0 spiro atoms. The number of hydrogen-bond acceptors (Lipinski definition) is 10. The van der Waals surface area contributed by atoms with Crippen molar-refractivity contribution in [1.29, 1.82) is 0 Å². The Morgan fingerprint density at radius 3 is 1.91 bits per heavy atom. The molecule has 4 N–H and O–H groups in total. The Hall–Kier alpha value is -5.92. The molecule has 16 nitrogen and oxygen atoms in total. The number of methoxy groups -OCH3 is 4. The van der Waals surface area contributed by atoms with Gasteiger partial charge in [-0.1, -0.05) is 24.0 Å². The summed E-state index contributed by atoms with van der Waals surface area (Å²) in [5, 5.41) is 5.12. The summed E-state index contributed by atoms with van der Waals surface area (Å²) >= 11 is 0. The molecule has 284 valence electrons. The van der Waals surface area contributed by atoms with Crippen molar-refractivity contribution in [3.05, 3.63) is 71.4 Å². The van der Waals surface area contributed by atoms with Crippen LogP contribution >= 0.6 is 0 Å². The normalized spacial score (nSPS) is 17.8. The Balaban J connectivity index is 1.11. The molecule has 4 heterocycles. The Morgan fingerprint density at radius 1 is 0.778 bits per heavy atom. The molecule has 0 saturated carbocycles. The number of ether oxygens (including phenoxy) is 4. The number of aromatic amines is 2. The number of nitrogens with zero attached hydrogens (tertiary/aromatic N) is 4. The minimum Gasteiger partial charge on any atom is -0.453 e. The number of benzene rings is 2. The van der Waals surface area contributed by atoms with Gasteiger partial charge in [0.15, 0.2) is 0 Å². The molecule has 4 aromatic rings. The molecule has 2 aromatic heterocycles. The van der Waals surface area contributed by atoms with Crippen LogP contribution in [-0.2, 0) is 28.5 Å². The fourth-order valence-corrected chi connectivity index (χ4v) is 6.91. The topological polar surface area (TPSA) is 193 Å². The van der Waals surface area contributed by atoms with E-state index in [0.29, 0.717) is 24.7 Å². The molecule has 4 atom stereocenters. The minimum atomic E-state index is -0.876. The number of alkyl carbamates (subject to hydrolysis) is 2. The van der Waals surface area contributed by atoms with E-state index in [9.17, 15) is 19.2 Å². The molecular weight excluding hydrogens is 696 g/mol. The molecule has 2 saturated heterocycles. The van der Waals surface area contributed by atoms with Crippen LogP contribution in [-0.4, -0.2) is 121 Å². The first kappa shape index (κ1) is 37.8. The van der Waals surface area contributed by atoms with Gasteiger partial charge < -0.3 is 49.3 Å². The van der Waals surface area contributed by atoms with Gasteiger partial charge in [-0.15, -0.1) is 0 Å². The number of aromatic nitrogens is 4. The largest absolute Gasteiger partial charge is 0.453 e. The van der Waals surface area contributed by atoms with Gasteiger partial charge in [-0.05, 0) is 61.6 Å². The zero-order chi connectivity index (χ0) is 38.2. The van der Waals surface area contributed by atoms with Crippen molar-refractivity contribution in [3.63, 3.8) is 0 Å². The third-order valence-electron chi connectivity index (χ3n) is 9.56. The van der Waals surface area contributed by atoms with Crippen molar-refractivity contribution >= 4 is 35.0 Å². The van der Waals surface area contributed by atoms with Crippen molar-refractivity contribution < 1.29 is 38.1 Å². The summed E-state index contributed by atoms with van der Waals surface area (Å²) in [6.45, 7) is 1.12. The Labute approximate surface area is 312 Å². The highest BCUT2D eigenvalue weighted by atomic mass is 16.5. The van der Waals surface area contributed by atoms with Crippen LogP contribution < -0.4 is 10.6 Å². The van der Waals surface area contributed by atoms with E-state index in [1.165, 1.54) is 28.4 Å². The first-order valence-electron chi connectivity index (χ1n) is 17.7. The van der Waals surface area contributed by atoms with Crippen molar-refractivity contribution in [2.45, 2.75) is 49.9 Å². The second kappa shape index (κ2) is 17.3. The van der Waals surface area contributed by atoms with Gasteiger partial charge in [-0.2, -0.15) is 0 Å². The second-order valence-corrected chi connectivity index (χ2v) is 13.0. The highest BCUT2D eigenvalue weighted by Gasteiger charge is 2.38. The fraction of sp³-hybridized carbons (Fsp3) is 0.421. The van der Waals surface area contributed by atoms with Gasteiger partial charge in [0.2, 0.25) is 11.8 Å². The first-order valence-corrected chi connectivity index (χ1v) is 17.7. The third-order valence-corrected chi connectivity index (χ3v) is 9.56. The van der Waals surface area contributed by atoms with Crippen LogP contribution in [0.1, 0.15) is 60.5 Å². The SMILES string of the molecule is COC[C@H](NC(=O)OC)C(=O)N1CCC[C@H]1c1ncc(-c2ccc(C#Cc3ccc4nc([C@@H]5CCCN5C(=O)[C@H](COC)NC(=O)OC)[nH]c4c3)cc2)[nH]1. The molecule has 2 aliphatic heterocycles. The van der Waals surface area contributed by atoms with Gasteiger partial charge in [0.1, 0.15) is 23.7 Å². The van der Waals surface area contributed by atoms with Gasteiger partial charge in [-0.3, -0.25) is 9.59 Å². The number of fused-ring (bicyclic) bond motifs is 1. The Kier molecular flexibility index (Phi) is 12.1. The Bertz CT molecular complexity index is 2030. The molecule has 6 rings (SSSR count). The van der Waals surface area contributed by atoms with Crippen LogP contribution in [0.3, 0.4) is 0 Å². The summed E-state index contributed by atoms with van der Waals surface area (Å²) in [6, 6.07) is 11.3. The van der Waals surface area contributed by atoms with Crippen LogP contribution in [0.4, 0.5) is 9.59 Å². The molecule has 2 fully saturated rings. The molecule has 16 heteroatoms. The smallest absolute Gasteiger partial charge is 0.407 e. The molecule has 0 unspecified atom stereocenters. The average molecular weight is 741 g/mol. The van der Waals surface area contributed by atoms with Gasteiger partial charge in [0.05, 0.1) is 62.4 Å². The zero-order valence-electron chi connectivity index (χ0n) is 30.6. The standard InChI is InChI=1S/C38H44N8O8/c1-51-21-29(43-37(49)53-3)35(47)45-17-5-7-31(45)33-39-20-28(42-33)25-14-11-23(12-15-25)9-10-24-13-16-26-27(19-24)41-34(40-26)32-8-6-18-46(32)36(48)30(22-52-2)44-38(50)54-4/h11-16,19-20,29-32H,5-8,17-18,21-22H2,1-4H3,(H,39,42)(H,40,41)(H,43,49)(H,44,50)/t29-,30-,31-,32-/m0/s1. The number of imidazole rings is 2. The van der Waals surface area contributed by atoms with Crippen LogP contribution in [0.25, 0.3) is 22.3 Å². The molecule has 54 heavy (non-hydrogen) atoms. The van der Waals surface area contributed by atoms with E-state index >= 15 is 0 Å². The molecule has 2 aromatic carbocycles. The number of nitrogens with one attached hydrogen (secondary N) is 4. The molecule has 4 amide bonds. The molecule has 0 radical (unpaired) electrons. The van der Waals surface area contributed by atoms with Gasteiger partial charge in [0.25, 0.3) is 0 Å². The number of carbonyl (C=O) groups is 4. The lowest BCUT2D eigenvalue weighted by atomic mass is 10.1. The Morgan fingerprint density at radius 2 is 1.33 bits per heavy atom. The van der Waals surface area contributed by atoms with E-state index in [4.69, 9.17) is 14.5 Å². The minimum absolute atomic E-state index is 0.0189. The summed E-state index contributed by atoms with van der Waals surface area (Å²) in [7, 11) is 5.44. The third kappa shape index (κ3) is 8.48. The fourth-order valence-electron chi connectivity index (χ4n) is 6.91. The summed E-state index contributed by atoms with van der Waals surface area (Å²) in [5.41, 5.74) is 4.91. The predicted molar refractivity (Wildman–Crippen MR) is 196 cm³/mol. The monoisotopic (exact) mass is 740 g/mol. The lowest BCUT2D eigenvalue weighted by Gasteiger charge is -2.27. The van der Waals surface area contributed by atoms with Crippen molar-refractivity contribution in [2.24, 2.45) is 0 Å². The summed E-state index contributed by atoms with van der Waals surface area (Å²) in [5.74, 6) is 7.29. The van der Waals surface area contributed by atoms with Crippen molar-refractivity contribution in [2.75, 3.05) is 54.7 Å². The average Bonchev–Trinajstić information content (AvgIpc) is 4.02. The van der Waals surface area contributed by atoms with Crippen LogP contribution in [0.15, 0.2) is 48.7 Å². The van der Waals surface area contributed by atoms with E-state index in [2.05, 4.69) is 46.9 Å². The number of hydrogen-bond donors (Lipinski definition) is 4. The maximum Gasteiger partial charge on any atom is 0.407 e. The molecular formula is C38H44N8O8. The number of likely N-dealkylation sites (tertiary alicyclic amines) is 2. The second-order valence-electron chi connectivity index (χ2n) is 13.0.